The molecule has 0 aliphatic carbocycles. The Morgan fingerprint density at radius 2 is 2.33 bits per heavy atom. The molecule has 1 aliphatic rings. The summed E-state index contributed by atoms with van der Waals surface area (Å²) in [6.45, 7) is 3.96. The fourth-order valence-corrected chi connectivity index (χ4v) is 3.08. The van der Waals surface area contributed by atoms with Crippen LogP contribution in [0.3, 0.4) is 0 Å². The summed E-state index contributed by atoms with van der Waals surface area (Å²) in [4.78, 5) is 22.3. The number of thioether (sulfide) groups is 1. The van der Waals surface area contributed by atoms with Crippen molar-refractivity contribution >= 4 is 51.0 Å². The molecule has 1 aromatic rings. The molecule has 0 radical (unpaired) electrons. The van der Waals surface area contributed by atoms with Gasteiger partial charge in [-0.2, -0.15) is 5.10 Å². The largest absolute Gasteiger partial charge is 0.489 e. The smallest absolute Gasteiger partial charge is 0.305 e. The summed E-state index contributed by atoms with van der Waals surface area (Å²) in [6, 6.07) is 5.44. The Morgan fingerprint density at radius 1 is 1.54 bits per heavy atom. The van der Waals surface area contributed by atoms with Gasteiger partial charge in [-0.25, -0.2) is 0 Å². The van der Waals surface area contributed by atoms with Crippen LogP contribution in [0.15, 0.2) is 45.5 Å². The van der Waals surface area contributed by atoms with Crippen LogP contribution >= 0.6 is 27.7 Å². The number of nitrogens with one attached hydrogen (secondary N) is 1. The minimum Gasteiger partial charge on any atom is -0.489 e. The fourth-order valence-electron chi connectivity index (χ4n) is 1.79. The van der Waals surface area contributed by atoms with Gasteiger partial charge in [-0.3, -0.25) is 9.59 Å². The lowest BCUT2D eigenvalue weighted by molar-refractivity contribution is -0.138. The number of hydrogen-bond acceptors (Lipinski definition) is 6. The van der Waals surface area contributed by atoms with Crippen LogP contribution in [0.4, 0.5) is 0 Å². The van der Waals surface area contributed by atoms with Gasteiger partial charge in [-0.05, 0) is 18.2 Å². The maximum absolute atomic E-state index is 11.6. The van der Waals surface area contributed by atoms with Crippen LogP contribution < -0.4 is 10.1 Å². The molecule has 7 nitrogen and oxygen atoms in total. The SMILES string of the molecule is C=CCOc1ccc(Br)cc1C=NN=C1NC(=O)C(CC(=O)O)S1. The predicted octanol–water partition coefficient (Wildman–Crippen LogP) is 2.41. The van der Waals surface area contributed by atoms with Gasteiger partial charge in [0.2, 0.25) is 5.91 Å². The van der Waals surface area contributed by atoms with E-state index in [9.17, 15) is 9.59 Å². The number of amides is 1. The molecular weight excluding hydrogens is 398 g/mol. The Labute approximate surface area is 151 Å². The number of carbonyl (C=O) groups is 2. The van der Waals surface area contributed by atoms with Crippen molar-refractivity contribution in [2.24, 2.45) is 10.2 Å². The maximum Gasteiger partial charge on any atom is 0.305 e. The molecule has 1 fully saturated rings. The molecule has 1 saturated heterocycles. The minimum absolute atomic E-state index is 0.260. The zero-order valence-electron chi connectivity index (χ0n) is 12.4. The van der Waals surface area contributed by atoms with Crippen molar-refractivity contribution in [3.05, 3.63) is 40.9 Å². The summed E-state index contributed by atoms with van der Waals surface area (Å²) >= 11 is 4.42. The first-order valence-electron chi connectivity index (χ1n) is 6.83. The van der Waals surface area contributed by atoms with Gasteiger partial charge in [-0.15, -0.1) is 5.10 Å². The van der Waals surface area contributed by atoms with E-state index in [0.29, 0.717) is 17.9 Å². The van der Waals surface area contributed by atoms with Gasteiger partial charge in [0.05, 0.1) is 12.6 Å². The average molecular weight is 412 g/mol. The van der Waals surface area contributed by atoms with E-state index in [4.69, 9.17) is 9.84 Å². The molecule has 1 aromatic carbocycles. The molecule has 2 N–H and O–H groups in total. The number of rotatable bonds is 7. The number of halogens is 1. The van der Waals surface area contributed by atoms with Gasteiger partial charge in [0.15, 0.2) is 5.17 Å². The van der Waals surface area contributed by atoms with Crippen molar-refractivity contribution in [1.82, 2.24) is 5.32 Å². The Hall–Kier alpha value is -2.13. The number of benzene rings is 1. The first-order valence-corrected chi connectivity index (χ1v) is 8.50. The van der Waals surface area contributed by atoms with Crippen molar-refractivity contribution in [3.63, 3.8) is 0 Å². The molecule has 2 rings (SSSR count). The van der Waals surface area contributed by atoms with Crippen molar-refractivity contribution < 1.29 is 19.4 Å². The summed E-state index contributed by atoms with van der Waals surface area (Å²) < 4.78 is 6.38. The Balaban J connectivity index is 2.08. The van der Waals surface area contributed by atoms with E-state index >= 15 is 0 Å². The Morgan fingerprint density at radius 3 is 3.04 bits per heavy atom. The molecule has 0 aromatic heterocycles. The summed E-state index contributed by atoms with van der Waals surface area (Å²) in [5.41, 5.74) is 0.701. The number of ether oxygens (including phenoxy) is 1. The van der Waals surface area contributed by atoms with E-state index in [2.05, 4.69) is 38.0 Å². The number of carboxylic acid groups (broad SMARTS) is 1. The number of carbonyl (C=O) groups excluding carboxylic acids is 1. The molecule has 1 unspecified atom stereocenters. The average Bonchev–Trinajstić information content (AvgIpc) is 2.86. The molecular formula is C15H14BrN3O4S. The van der Waals surface area contributed by atoms with Crippen molar-refractivity contribution in [1.29, 1.82) is 0 Å². The van der Waals surface area contributed by atoms with E-state index in [1.807, 2.05) is 12.1 Å². The zero-order valence-corrected chi connectivity index (χ0v) is 14.8. The van der Waals surface area contributed by atoms with E-state index < -0.39 is 11.2 Å². The van der Waals surface area contributed by atoms with E-state index in [0.717, 1.165) is 16.2 Å². The van der Waals surface area contributed by atoms with Crippen LogP contribution in [0.25, 0.3) is 0 Å². The zero-order chi connectivity index (χ0) is 17.5. The third-order valence-corrected chi connectivity index (χ3v) is 4.38. The number of aliphatic carboxylic acids is 1. The normalized spacial score (nSPS) is 18.8. The van der Waals surface area contributed by atoms with E-state index in [1.165, 1.54) is 6.21 Å². The van der Waals surface area contributed by atoms with Gasteiger partial charge in [0, 0.05) is 10.0 Å². The first kappa shape index (κ1) is 18.2. The number of carboxylic acids is 1. The second kappa shape index (κ2) is 8.65. The number of nitrogens with zero attached hydrogens (tertiary/aromatic N) is 2. The molecule has 1 atom stereocenters. The Bertz CT molecular complexity index is 721. The van der Waals surface area contributed by atoms with Gasteiger partial charge in [0.25, 0.3) is 0 Å². The van der Waals surface area contributed by atoms with Gasteiger partial charge >= 0.3 is 5.97 Å². The van der Waals surface area contributed by atoms with E-state index in [-0.39, 0.29) is 17.5 Å². The van der Waals surface area contributed by atoms with Gasteiger partial charge in [0.1, 0.15) is 17.6 Å². The third kappa shape index (κ3) is 5.20. The minimum atomic E-state index is -1.04. The second-order valence-electron chi connectivity index (χ2n) is 4.63. The van der Waals surface area contributed by atoms with Crippen molar-refractivity contribution in [3.8, 4) is 5.75 Å². The highest BCUT2D eigenvalue weighted by Crippen LogP contribution is 2.23. The fraction of sp³-hybridized carbons (Fsp3) is 0.200. The van der Waals surface area contributed by atoms with Crippen LogP contribution in [0, 0.1) is 0 Å². The van der Waals surface area contributed by atoms with Crippen LogP contribution in [-0.2, 0) is 9.59 Å². The first-order chi connectivity index (χ1) is 11.5. The standard InChI is InChI=1S/C15H14BrN3O4S/c1-2-5-23-11-4-3-10(16)6-9(11)8-17-19-15-18-14(22)12(24-15)7-13(20)21/h2-4,6,8,12H,1,5,7H2,(H,20,21)(H,18,19,22). The summed E-state index contributed by atoms with van der Waals surface area (Å²) in [5.74, 6) is -0.798. The van der Waals surface area contributed by atoms with Crippen LogP contribution in [0.2, 0.25) is 0 Å². The van der Waals surface area contributed by atoms with Gasteiger partial charge < -0.3 is 15.2 Å². The van der Waals surface area contributed by atoms with Crippen molar-refractivity contribution in [2.75, 3.05) is 6.61 Å². The lowest BCUT2D eigenvalue weighted by atomic mass is 10.2. The lowest BCUT2D eigenvalue weighted by Gasteiger charge is -2.06. The maximum atomic E-state index is 11.6. The molecule has 1 amide bonds. The molecule has 1 heterocycles. The number of hydrogen-bond donors (Lipinski definition) is 2. The molecule has 1 aliphatic heterocycles. The molecule has 24 heavy (non-hydrogen) atoms. The van der Waals surface area contributed by atoms with Crippen LogP contribution in [0.5, 0.6) is 5.75 Å². The molecule has 0 spiro atoms. The quantitative estimate of drug-likeness (QED) is 0.407. The van der Waals surface area contributed by atoms with Crippen LogP contribution in [0.1, 0.15) is 12.0 Å². The van der Waals surface area contributed by atoms with Crippen LogP contribution in [-0.4, -0.2) is 40.2 Å². The number of amidine groups is 1. The highest BCUT2D eigenvalue weighted by molar-refractivity contribution is 9.10. The van der Waals surface area contributed by atoms with Gasteiger partial charge in [-0.1, -0.05) is 40.3 Å². The topological polar surface area (TPSA) is 100 Å². The lowest BCUT2D eigenvalue weighted by Crippen LogP contribution is -2.26. The third-order valence-electron chi connectivity index (χ3n) is 2.81. The highest BCUT2D eigenvalue weighted by Gasteiger charge is 2.32. The molecule has 9 heteroatoms. The molecule has 126 valence electrons. The summed E-state index contributed by atoms with van der Waals surface area (Å²) in [5, 5.41) is 18.7. The summed E-state index contributed by atoms with van der Waals surface area (Å²) in [6.07, 6.45) is 2.87. The van der Waals surface area contributed by atoms with Crippen molar-refractivity contribution in [2.45, 2.75) is 11.7 Å². The van der Waals surface area contributed by atoms with E-state index in [1.54, 1.807) is 12.1 Å². The Kier molecular flexibility index (Phi) is 6.56. The predicted molar refractivity (Wildman–Crippen MR) is 96.6 cm³/mol. The highest BCUT2D eigenvalue weighted by atomic mass is 79.9. The molecule has 0 saturated carbocycles. The molecule has 0 bridgehead atoms. The summed E-state index contributed by atoms with van der Waals surface area (Å²) in [7, 11) is 0. The second-order valence-corrected chi connectivity index (χ2v) is 6.73. The monoisotopic (exact) mass is 411 g/mol.